The number of carbonyl (C=O) groups excluding carboxylic acids is 1. The Balaban J connectivity index is 1.41. The number of carbonyl (C=O) groups is 1. The Hall–Kier alpha value is -3.74. The minimum absolute atomic E-state index is 0.0388. The van der Waals surface area contributed by atoms with Crippen LogP contribution in [0.25, 0.3) is 11.3 Å². The standard InChI is InChI=1S/C25H26N6O/c1-19-7-9-21(10-8-19)24-23(16-30(28-24)15-20-5-3-2-4-6-20)25(32)29-13-11-22(12-14-29)31-18-26-17-27-31/h2-10,16-18,22H,11-15H2,1H3. The van der Waals surface area contributed by atoms with Crippen molar-refractivity contribution in [3.63, 3.8) is 0 Å². The maximum atomic E-state index is 13.6. The summed E-state index contributed by atoms with van der Waals surface area (Å²) in [6.45, 7) is 4.08. The first-order valence-electron chi connectivity index (χ1n) is 11.0. The van der Waals surface area contributed by atoms with Gasteiger partial charge in [-0.25, -0.2) is 9.67 Å². The van der Waals surface area contributed by atoms with Crippen LogP contribution in [0.1, 0.15) is 40.4 Å². The maximum absolute atomic E-state index is 13.6. The molecule has 0 N–H and O–H groups in total. The minimum atomic E-state index is 0.0388. The first-order chi connectivity index (χ1) is 15.7. The molecule has 1 saturated heterocycles. The number of nitrogens with zero attached hydrogens (tertiary/aromatic N) is 6. The Morgan fingerprint density at radius 2 is 1.78 bits per heavy atom. The lowest BCUT2D eigenvalue weighted by Crippen LogP contribution is -2.39. The van der Waals surface area contributed by atoms with Crippen LogP contribution in [0.3, 0.4) is 0 Å². The number of amides is 1. The van der Waals surface area contributed by atoms with Crippen molar-refractivity contribution in [3.8, 4) is 11.3 Å². The highest BCUT2D eigenvalue weighted by molar-refractivity contribution is 5.99. The summed E-state index contributed by atoms with van der Waals surface area (Å²) in [6.07, 6.45) is 6.95. The summed E-state index contributed by atoms with van der Waals surface area (Å²) in [5, 5.41) is 9.08. The van der Waals surface area contributed by atoms with Crippen molar-refractivity contribution in [3.05, 3.63) is 90.1 Å². The Labute approximate surface area is 187 Å². The molecular weight excluding hydrogens is 400 g/mol. The number of rotatable bonds is 5. The molecule has 5 rings (SSSR count). The van der Waals surface area contributed by atoms with E-state index in [1.54, 1.807) is 12.7 Å². The molecule has 0 spiro atoms. The highest BCUT2D eigenvalue weighted by atomic mass is 16.2. The average Bonchev–Trinajstić information content (AvgIpc) is 3.51. The molecule has 1 aliphatic heterocycles. The van der Waals surface area contributed by atoms with Gasteiger partial charge in [0, 0.05) is 24.8 Å². The smallest absolute Gasteiger partial charge is 0.257 e. The van der Waals surface area contributed by atoms with Crippen LogP contribution in [-0.4, -0.2) is 48.4 Å². The predicted molar refractivity (Wildman–Crippen MR) is 122 cm³/mol. The fraction of sp³-hybridized carbons (Fsp3) is 0.280. The molecule has 1 amide bonds. The Morgan fingerprint density at radius 3 is 2.47 bits per heavy atom. The van der Waals surface area contributed by atoms with Crippen molar-refractivity contribution in [1.29, 1.82) is 0 Å². The summed E-state index contributed by atoms with van der Waals surface area (Å²) in [5.74, 6) is 0.0388. The number of aryl methyl sites for hydroxylation is 1. The zero-order valence-corrected chi connectivity index (χ0v) is 18.1. The average molecular weight is 427 g/mol. The van der Waals surface area contributed by atoms with Gasteiger partial charge < -0.3 is 4.90 Å². The number of hydrogen-bond acceptors (Lipinski definition) is 4. The van der Waals surface area contributed by atoms with Crippen LogP contribution in [0.4, 0.5) is 0 Å². The van der Waals surface area contributed by atoms with E-state index in [1.165, 1.54) is 5.56 Å². The predicted octanol–water partition coefficient (Wildman–Crippen LogP) is 3.98. The van der Waals surface area contributed by atoms with E-state index in [1.807, 2.05) is 50.8 Å². The van der Waals surface area contributed by atoms with E-state index >= 15 is 0 Å². The molecule has 4 aromatic rings. The molecule has 1 fully saturated rings. The van der Waals surface area contributed by atoms with Crippen molar-refractivity contribution in [2.45, 2.75) is 32.4 Å². The molecule has 7 heteroatoms. The number of aromatic nitrogens is 5. The molecular formula is C25H26N6O. The molecule has 162 valence electrons. The summed E-state index contributed by atoms with van der Waals surface area (Å²) in [6, 6.07) is 18.7. The normalized spacial score (nSPS) is 14.6. The second kappa shape index (κ2) is 8.78. The van der Waals surface area contributed by atoms with Crippen LogP contribution in [0.2, 0.25) is 0 Å². The monoisotopic (exact) mass is 426 g/mol. The third-order valence-electron chi connectivity index (χ3n) is 6.07. The van der Waals surface area contributed by atoms with E-state index in [9.17, 15) is 4.79 Å². The van der Waals surface area contributed by atoms with Crippen LogP contribution in [0.5, 0.6) is 0 Å². The Kier molecular flexibility index (Phi) is 5.54. The SMILES string of the molecule is Cc1ccc(-c2nn(Cc3ccccc3)cc2C(=O)N2CCC(n3cncn3)CC2)cc1. The molecule has 7 nitrogen and oxygen atoms in total. The van der Waals surface area contributed by atoms with Gasteiger partial charge in [-0.3, -0.25) is 9.48 Å². The Bertz CT molecular complexity index is 1170. The summed E-state index contributed by atoms with van der Waals surface area (Å²) in [5.41, 5.74) is 4.69. The lowest BCUT2D eigenvalue weighted by molar-refractivity contribution is 0.0690. The summed E-state index contributed by atoms with van der Waals surface area (Å²) in [4.78, 5) is 19.5. The van der Waals surface area contributed by atoms with E-state index in [2.05, 4.69) is 41.3 Å². The van der Waals surface area contributed by atoms with E-state index in [-0.39, 0.29) is 5.91 Å². The fourth-order valence-corrected chi connectivity index (χ4v) is 4.26. The van der Waals surface area contributed by atoms with Gasteiger partial charge >= 0.3 is 0 Å². The fourth-order valence-electron chi connectivity index (χ4n) is 4.26. The van der Waals surface area contributed by atoms with Crippen LogP contribution in [-0.2, 0) is 6.54 Å². The van der Waals surface area contributed by atoms with Gasteiger partial charge in [-0.15, -0.1) is 0 Å². The van der Waals surface area contributed by atoms with Gasteiger partial charge in [0.1, 0.15) is 18.3 Å². The quantitative estimate of drug-likeness (QED) is 0.484. The number of benzene rings is 2. The van der Waals surface area contributed by atoms with Crippen LogP contribution in [0, 0.1) is 6.92 Å². The lowest BCUT2D eigenvalue weighted by atomic mass is 10.0. The molecule has 0 saturated carbocycles. The molecule has 2 aromatic heterocycles. The number of likely N-dealkylation sites (tertiary alicyclic amines) is 1. The van der Waals surface area contributed by atoms with E-state index in [0.29, 0.717) is 31.2 Å². The molecule has 0 atom stereocenters. The first-order valence-corrected chi connectivity index (χ1v) is 11.0. The molecule has 32 heavy (non-hydrogen) atoms. The minimum Gasteiger partial charge on any atom is -0.338 e. The van der Waals surface area contributed by atoms with Gasteiger partial charge in [0.05, 0.1) is 18.2 Å². The van der Waals surface area contributed by atoms with Crippen LogP contribution in [0.15, 0.2) is 73.4 Å². The zero-order chi connectivity index (χ0) is 21.9. The van der Waals surface area contributed by atoms with Crippen molar-refractivity contribution < 1.29 is 4.79 Å². The second-order valence-electron chi connectivity index (χ2n) is 8.34. The third-order valence-corrected chi connectivity index (χ3v) is 6.07. The maximum Gasteiger partial charge on any atom is 0.257 e. The molecule has 0 radical (unpaired) electrons. The highest BCUT2D eigenvalue weighted by Crippen LogP contribution is 2.27. The molecule has 0 unspecified atom stereocenters. The molecule has 3 heterocycles. The van der Waals surface area contributed by atoms with Crippen molar-refractivity contribution in [2.75, 3.05) is 13.1 Å². The third kappa shape index (κ3) is 4.19. The largest absolute Gasteiger partial charge is 0.338 e. The van der Waals surface area contributed by atoms with Crippen molar-refractivity contribution in [1.82, 2.24) is 29.4 Å². The molecule has 0 aliphatic carbocycles. The Morgan fingerprint density at radius 1 is 1.03 bits per heavy atom. The molecule has 1 aliphatic rings. The van der Waals surface area contributed by atoms with Gasteiger partial charge in [0.2, 0.25) is 0 Å². The van der Waals surface area contributed by atoms with Gasteiger partial charge in [-0.1, -0.05) is 60.2 Å². The van der Waals surface area contributed by atoms with Gasteiger partial charge in [-0.2, -0.15) is 10.2 Å². The molecule has 2 aromatic carbocycles. The summed E-state index contributed by atoms with van der Waals surface area (Å²) in [7, 11) is 0. The summed E-state index contributed by atoms with van der Waals surface area (Å²) >= 11 is 0. The second-order valence-corrected chi connectivity index (χ2v) is 8.34. The van der Waals surface area contributed by atoms with Crippen LogP contribution < -0.4 is 0 Å². The van der Waals surface area contributed by atoms with Gasteiger partial charge in [0.25, 0.3) is 5.91 Å². The lowest BCUT2D eigenvalue weighted by Gasteiger charge is -2.31. The van der Waals surface area contributed by atoms with Crippen LogP contribution >= 0.6 is 0 Å². The van der Waals surface area contributed by atoms with E-state index < -0.39 is 0 Å². The topological polar surface area (TPSA) is 68.8 Å². The van der Waals surface area contributed by atoms with Gasteiger partial charge in [-0.05, 0) is 25.3 Å². The number of piperidine rings is 1. The van der Waals surface area contributed by atoms with Gasteiger partial charge in [0.15, 0.2) is 0 Å². The molecule has 0 bridgehead atoms. The summed E-state index contributed by atoms with van der Waals surface area (Å²) < 4.78 is 3.78. The highest BCUT2D eigenvalue weighted by Gasteiger charge is 2.28. The van der Waals surface area contributed by atoms with E-state index in [0.717, 1.165) is 29.7 Å². The number of hydrogen-bond donors (Lipinski definition) is 0. The van der Waals surface area contributed by atoms with E-state index in [4.69, 9.17) is 5.10 Å². The zero-order valence-electron chi connectivity index (χ0n) is 18.1. The van der Waals surface area contributed by atoms with Crippen molar-refractivity contribution >= 4 is 5.91 Å². The first kappa shape index (κ1) is 20.2. The van der Waals surface area contributed by atoms with Crippen molar-refractivity contribution in [2.24, 2.45) is 0 Å².